The minimum absolute atomic E-state index is 0.501. The van der Waals surface area contributed by atoms with E-state index in [1.54, 1.807) is 0 Å². The predicted molar refractivity (Wildman–Crippen MR) is 87.0 cm³/mol. The van der Waals surface area contributed by atoms with Gasteiger partial charge in [0.05, 0.1) is 0 Å². The fraction of sp³-hybridized carbons (Fsp3) is 0.667. The van der Waals surface area contributed by atoms with E-state index in [9.17, 15) is 0 Å². The molecule has 2 heteroatoms. The first-order chi connectivity index (χ1) is 9.85. The summed E-state index contributed by atoms with van der Waals surface area (Å²) in [5, 5.41) is 3.64. The van der Waals surface area contributed by atoms with Crippen molar-refractivity contribution in [3.05, 3.63) is 35.9 Å². The van der Waals surface area contributed by atoms with Crippen LogP contribution < -0.4 is 5.32 Å². The molecule has 1 aromatic carbocycles. The van der Waals surface area contributed by atoms with E-state index >= 15 is 0 Å². The lowest BCUT2D eigenvalue weighted by Gasteiger charge is -2.36. The third-order valence-corrected chi connectivity index (χ3v) is 4.58. The first-order valence-corrected chi connectivity index (χ1v) is 8.37. The van der Waals surface area contributed by atoms with E-state index in [2.05, 4.69) is 54.4 Å². The van der Waals surface area contributed by atoms with Gasteiger partial charge in [0.25, 0.3) is 0 Å². The van der Waals surface area contributed by atoms with Crippen LogP contribution >= 0.6 is 0 Å². The molecule has 0 bridgehead atoms. The van der Waals surface area contributed by atoms with E-state index in [1.165, 1.54) is 50.8 Å². The lowest BCUT2D eigenvalue weighted by molar-refractivity contribution is 0.137. The Balaban J connectivity index is 1.91. The van der Waals surface area contributed by atoms with E-state index in [0.717, 1.165) is 12.6 Å². The van der Waals surface area contributed by atoms with Gasteiger partial charge in [0.15, 0.2) is 0 Å². The summed E-state index contributed by atoms with van der Waals surface area (Å²) in [5.41, 5.74) is 1.43. The zero-order chi connectivity index (χ0) is 14.2. The zero-order valence-electron chi connectivity index (χ0n) is 13.1. The molecular formula is C18H30N2. The van der Waals surface area contributed by atoms with Crippen molar-refractivity contribution in [2.45, 2.75) is 58.0 Å². The Morgan fingerprint density at radius 3 is 2.70 bits per heavy atom. The minimum Gasteiger partial charge on any atom is -0.310 e. The fourth-order valence-electron chi connectivity index (χ4n) is 3.43. The molecule has 2 unspecified atom stereocenters. The molecule has 2 atom stereocenters. The van der Waals surface area contributed by atoms with Crippen LogP contribution in [0.15, 0.2) is 30.3 Å². The average Bonchev–Trinajstić information content (AvgIpc) is 2.52. The van der Waals surface area contributed by atoms with E-state index in [4.69, 9.17) is 0 Å². The number of piperidine rings is 1. The quantitative estimate of drug-likeness (QED) is 0.808. The summed E-state index contributed by atoms with van der Waals surface area (Å²) < 4.78 is 0. The number of likely N-dealkylation sites (tertiary alicyclic amines) is 1. The van der Waals surface area contributed by atoms with E-state index in [1.807, 2.05) is 0 Å². The molecule has 1 aliphatic heterocycles. The molecule has 0 aliphatic carbocycles. The van der Waals surface area contributed by atoms with Crippen LogP contribution in [0, 0.1) is 0 Å². The second-order valence-electron chi connectivity index (χ2n) is 5.90. The minimum atomic E-state index is 0.501. The summed E-state index contributed by atoms with van der Waals surface area (Å²) in [4.78, 5) is 2.72. The van der Waals surface area contributed by atoms with Gasteiger partial charge in [-0.1, -0.05) is 50.6 Å². The standard InChI is InChI=1S/C18H30N2/c1-3-17-12-8-9-14-20(17)15-13-18(19-4-2)16-10-6-5-7-11-16/h5-7,10-11,17-19H,3-4,8-9,12-15H2,1-2H3. The average molecular weight is 274 g/mol. The highest BCUT2D eigenvalue weighted by Gasteiger charge is 2.21. The van der Waals surface area contributed by atoms with Gasteiger partial charge >= 0.3 is 0 Å². The van der Waals surface area contributed by atoms with Crippen LogP contribution in [0.2, 0.25) is 0 Å². The van der Waals surface area contributed by atoms with Gasteiger partial charge in [0.2, 0.25) is 0 Å². The van der Waals surface area contributed by atoms with Crippen molar-refractivity contribution in [3.8, 4) is 0 Å². The van der Waals surface area contributed by atoms with Crippen molar-refractivity contribution in [1.29, 1.82) is 0 Å². The normalized spacial score (nSPS) is 21.8. The topological polar surface area (TPSA) is 15.3 Å². The Bertz CT molecular complexity index is 363. The Morgan fingerprint density at radius 1 is 1.20 bits per heavy atom. The molecule has 1 aliphatic rings. The van der Waals surface area contributed by atoms with E-state index in [0.29, 0.717) is 6.04 Å². The maximum Gasteiger partial charge on any atom is 0.0332 e. The Kier molecular flexibility index (Phi) is 6.55. The van der Waals surface area contributed by atoms with Crippen molar-refractivity contribution >= 4 is 0 Å². The van der Waals surface area contributed by atoms with Crippen LogP contribution in [0.3, 0.4) is 0 Å². The highest BCUT2D eigenvalue weighted by atomic mass is 15.2. The molecule has 1 N–H and O–H groups in total. The maximum atomic E-state index is 3.64. The van der Waals surface area contributed by atoms with Gasteiger partial charge in [0, 0.05) is 18.6 Å². The second-order valence-corrected chi connectivity index (χ2v) is 5.90. The number of rotatable bonds is 7. The summed E-state index contributed by atoms with van der Waals surface area (Å²) in [6, 6.07) is 12.2. The first-order valence-electron chi connectivity index (χ1n) is 8.37. The van der Waals surface area contributed by atoms with Crippen LogP contribution in [0.1, 0.15) is 57.6 Å². The Labute approximate surface area is 124 Å². The zero-order valence-corrected chi connectivity index (χ0v) is 13.1. The molecule has 0 radical (unpaired) electrons. The van der Waals surface area contributed by atoms with Crippen molar-refractivity contribution in [2.75, 3.05) is 19.6 Å². The third-order valence-electron chi connectivity index (χ3n) is 4.58. The van der Waals surface area contributed by atoms with Crippen LogP contribution in [-0.4, -0.2) is 30.6 Å². The van der Waals surface area contributed by atoms with Gasteiger partial charge in [0.1, 0.15) is 0 Å². The molecule has 112 valence electrons. The molecular weight excluding hydrogens is 244 g/mol. The van der Waals surface area contributed by atoms with Crippen LogP contribution in [0.25, 0.3) is 0 Å². The van der Waals surface area contributed by atoms with Gasteiger partial charge in [-0.3, -0.25) is 0 Å². The van der Waals surface area contributed by atoms with Crippen LogP contribution in [0.5, 0.6) is 0 Å². The fourth-order valence-corrected chi connectivity index (χ4v) is 3.43. The van der Waals surface area contributed by atoms with Gasteiger partial charge < -0.3 is 10.2 Å². The Hall–Kier alpha value is -0.860. The third kappa shape index (κ3) is 4.32. The molecule has 1 aromatic rings. The van der Waals surface area contributed by atoms with Gasteiger partial charge in [-0.2, -0.15) is 0 Å². The van der Waals surface area contributed by atoms with Crippen LogP contribution in [0.4, 0.5) is 0 Å². The van der Waals surface area contributed by atoms with Gasteiger partial charge in [-0.05, 0) is 44.3 Å². The smallest absolute Gasteiger partial charge is 0.0332 e. The van der Waals surface area contributed by atoms with Crippen molar-refractivity contribution < 1.29 is 0 Å². The summed E-state index contributed by atoms with van der Waals surface area (Å²) in [6.07, 6.45) is 6.72. The monoisotopic (exact) mass is 274 g/mol. The molecule has 1 saturated heterocycles. The lowest BCUT2D eigenvalue weighted by Crippen LogP contribution is -2.40. The molecule has 20 heavy (non-hydrogen) atoms. The molecule has 2 rings (SSSR count). The van der Waals surface area contributed by atoms with E-state index < -0.39 is 0 Å². The summed E-state index contributed by atoms with van der Waals surface area (Å²) >= 11 is 0. The molecule has 0 aromatic heterocycles. The van der Waals surface area contributed by atoms with Crippen molar-refractivity contribution in [2.24, 2.45) is 0 Å². The molecule has 0 spiro atoms. The second kappa shape index (κ2) is 8.43. The molecule has 1 fully saturated rings. The molecule has 1 heterocycles. The molecule has 0 amide bonds. The summed E-state index contributed by atoms with van der Waals surface area (Å²) in [6.45, 7) is 8.10. The summed E-state index contributed by atoms with van der Waals surface area (Å²) in [7, 11) is 0. The van der Waals surface area contributed by atoms with Gasteiger partial charge in [-0.15, -0.1) is 0 Å². The van der Waals surface area contributed by atoms with Crippen molar-refractivity contribution in [1.82, 2.24) is 10.2 Å². The predicted octanol–water partition coefficient (Wildman–Crippen LogP) is 3.99. The number of hydrogen-bond donors (Lipinski definition) is 1. The number of nitrogens with one attached hydrogen (secondary N) is 1. The molecule has 0 saturated carbocycles. The number of benzene rings is 1. The largest absolute Gasteiger partial charge is 0.310 e. The number of hydrogen-bond acceptors (Lipinski definition) is 2. The first kappa shape index (κ1) is 15.5. The maximum absolute atomic E-state index is 3.64. The molecule has 2 nitrogen and oxygen atoms in total. The highest BCUT2D eigenvalue weighted by molar-refractivity contribution is 5.18. The lowest BCUT2D eigenvalue weighted by atomic mass is 9.98. The van der Waals surface area contributed by atoms with Crippen LogP contribution in [-0.2, 0) is 0 Å². The van der Waals surface area contributed by atoms with Crippen molar-refractivity contribution in [3.63, 3.8) is 0 Å². The van der Waals surface area contributed by atoms with E-state index in [-0.39, 0.29) is 0 Å². The Morgan fingerprint density at radius 2 is 2.00 bits per heavy atom. The number of nitrogens with zero attached hydrogens (tertiary/aromatic N) is 1. The highest BCUT2D eigenvalue weighted by Crippen LogP contribution is 2.22. The SMILES string of the molecule is CCNC(CCN1CCCCC1CC)c1ccccc1. The summed E-state index contributed by atoms with van der Waals surface area (Å²) in [5.74, 6) is 0. The van der Waals surface area contributed by atoms with Gasteiger partial charge in [-0.25, -0.2) is 0 Å².